The second-order valence-electron chi connectivity index (χ2n) is 10.6. The van der Waals surface area contributed by atoms with Crippen molar-refractivity contribution in [3.63, 3.8) is 0 Å². The van der Waals surface area contributed by atoms with Crippen molar-refractivity contribution in [1.82, 2.24) is 10.2 Å². The Morgan fingerprint density at radius 2 is 1.50 bits per heavy atom. The average Bonchev–Trinajstić information content (AvgIpc) is 3.08. The zero-order chi connectivity index (χ0) is 34.8. The van der Waals surface area contributed by atoms with Crippen LogP contribution in [0.5, 0.6) is 17.2 Å². The van der Waals surface area contributed by atoms with Crippen molar-refractivity contribution in [2.24, 2.45) is 0 Å². The number of sulfonamides is 1. The molecule has 0 aliphatic rings. The minimum absolute atomic E-state index is 0.0177. The second-order valence-corrected chi connectivity index (χ2v) is 13.8. The number of carbonyl (C=O) groups is 2. The average molecular weight is 759 g/mol. The monoisotopic (exact) mass is 757 g/mol. The van der Waals surface area contributed by atoms with E-state index in [1.807, 2.05) is 54.6 Å². The van der Waals surface area contributed by atoms with Crippen LogP contribution in [0.2, 0.25) is 5.02 Å². The van der Waals surface area contributed by atoms with E-state index in [9.17, 15) is 18.0 Å². The predicted molar refractivity (Wildman–Crippen MR) is 189 cm³/mol. The maximum absolute atomic E-state index is 14.7. The maximum Gasteiger partial charge on any atom is 0.265 e. The molecule has 0 aromatic heterocycles. The molecule has 0 saturated heterocycles. The Balaban J connectivity index is 1.88. The van der Waals surface area contributed by atoms with Gasteiger partial charge in [0, 0.05) is 35.1 Å². The number of hydrogen-bond acceptors (Lipinski definition) is 7. The third kappa shape index (κ3) is 8.80. The number of amides is 2. The van der Waals surface area contributed by atoms with E-state index in [0.29, 0.717) is 12.3 Å². The number of likely N-dealkylation sites (N-methyl/N-ethyl adjacent to an activating group) is 1. The highest BCUT2D eigenvalue weighted by Crippen LogP contribution is 2.37. The maximum atomic E-state index is 14.7. The van der Waals surface area contributed by atoms with Crippen LogP contribution in [0.4, 0.5) is 5.69 Å². The molecule has 0 spiro atoms. The molecule has 0 saturated carbocycles. The van der Waals surface area contributed by atoms with Crippen LogP contribution >= 0.6 is 27.5 Å². The van der Waals surface area contributed by atoms with Crippen molar-refractivity contribution in [3.8, 4) is 17.2 Å². The highest BCUT2D eigenvalue weighted by Gasteiger charge is 2.36. The topological polar surface area (TPSA) is 114 Å². The van der Waals surface area contributed by atoms with E-state index in [0.717, 1.165) is 19.9 Å². The molecule has 1 unspecified atom stereocenters. The Morgan fingerprint density at radius 1 is 0.833 bits per heavy atom. The molecule has 10 nitrogen and oxygen atoms in total. The summed E-state index contributed by atoms with van der Waals surface area (Å²) >= 11 is 9.86. The summed E-state index contributed by atoms with van der Waals surface area (Å²) in [7, 11) is -0.260. The van der Waals surface area contributed by atoms with Crippen molar-refractivity contribution in [2.45, 2.75) is 30.8 Å². The molecular weight excluding hydrogens is 722 g/mol. The first-order valence-corrected chi connectivity index (χ1v) is 17.6. The number of benzene rings is 4. The number of hydrogen-bond donors (Lipinski definition) is 1. The van der Waals surface area contributed by atoms with Gasteiger partial charge in [-0.25, -0.2) is 8.42 Å². The van der Waals surface area contributed by atoms with E-state index in [1.54, 1.807) is 13.0 Å². The van der Waals surface area contributed by atoms with Gasteiger partial charge in [-0.1, -0.05) is 70.0 Å². The van der Waals surface area contributed by atoms with Crippen LogP contribution < -0.4 is 23.8 Å². The zero-order valence-electron chi connectivity index (χ0n) is 27.0. The molecule has 13 heteroatoms. The van der Waals surface area contributed by atoms with Crippen LogP contribution in [0.3, 0.4) is 0 Å². The summed E-state index contributed by atoms with van der Waals surface area (Å²) in [5.41, 5.74) is 1.59. The van der Waals surface area contributed by atoms with Crippen LogP contribution in [0.25, 0.3) is 0 Å². The van der Waals surface area contributed by atoms with Gasteiger partial charge in [0.2, 0.25) is 11.8 Å². The molecule has 0 aliphatic heterocycles. The fraction of sp³-hybridized carbons (Fsp3) is 0.257. The van der Waals surface area contributed by atoms with Gasteiger partial charge in [-0.15, -0.1) is 0 Å². The zero-order valence-corrected chi connectivity index (χ0v) is 30.1. The third-order valence-electron chi connectivity index (χ3n) is 7.50. The number of halogens is 2. The van der Waals surface area contributed by atoms with E-state index in [-0.39, 0.29) is 46.0 Å². The van der Waals surface area contributed by atoms with Gasteiger partial charge in [-0.2, -0.15) is 0 Å². The van der Waals surface area contributed by atoms with Crippen LogP contribution in [0.15, 0.2) is 100 Å². The minimum atomic E-state index is -4.48. The van der Waals surface area contributed by atoms with Crippen molar-refractivity contribution in [3.05, 3.63) is 112 Å². The van der Waals surface area contributed by atoms with Gasteiger partial charge < -0.3 is 24.4 Å². The SMILES string of the molecule is CCNC(=O)C(Cc1ccccc1)N(Cc1cccc(Br)c1)C(=O)CN(c1cc(Cl)ccc1OC)S(=O)(=O)c1ccc(OC)c(OC)c1. The molecule has 0 fully saturated rings. The number of rotatable bonds is 15. The lowest BCUT2D eigenvalue weighted by Crippen LogP contribution is -2.53. The molecule has 4 rings (SSSR count). The number of carbonyl (C=O) groups excluding carboxylic acids is 2. The summed E-state index contributed by atoms with van der Waals surface area (Å²) in [5.74, 6) is -0.337. The van der Waals surface area contributed by atoms with Gasteiger partial charge >= 0.3 is 0 Å². The quantitative estimate of drug-likeness (QED) is 0.156. The first kappa shape index (κ1) is 36.6. The van der Waals surface area contributed by atoms with E-state index in [2.05, 4.69) is 21.2 Å². The summed E-state index contributed by atoms with van der Waals surface area (Å²) < 4.78 is 47.0. The van der Waals surface area contributed by atoms with Crippen LogP contribution in [-0.2, 0) is 32.6 Å². The van der Waals surface area contributed by atoms with E-state index >= 15 is 0 Å². The standard InChI is InChI=1S/C35H37BrClN3O7S/c1-5-38-35(42)30(19-24-10-7-6-8-11-24)39(22-25-12-9-13-26(36)18-25)34(41)23-40(29-20-27(37)14-16-31(29)45-2)48(43,44)28-15-17-32(46-3)33(21-28)47-4/h6-18,20-21,30H,5,19,22-23H2,1-4H3,(H,38,42). The number of anilines is 1. The van der Waals surface area contributed by atoms with Crippen LogP contribution in [0, 0.1) is 0 Å². The molecule has 4 aromatic carbocycles. The van der Waals surface area contributed by atoms with E-state index in [4.69, 9.17) is 25.8 Å². The van der Waals surface area contributed by atoms with Gasteiger partial charge in [-0.05, 0) is 60.5 Å². The summed E-state index contributed by atoms with van der Waals surface area (Å²) in [6.07, 6.45) is 0.190. The third-order valence-corrected chi connectivity index (χ3v) is 9.98. The highest BCUT2D eigenvalue weighted by molar-refractivity contribution is 9.10. The fourth-order valence-corrected chi connectivity index (χ4v) is 7.20. The Morgan fingerprint density at radius 3 is 2.15 bits per heavy atom. The number of methoxy groups -OCH3 is 3. The van der Waals surface area contributed by atoms with Gasteiger partial charge in [0.05, 0.1) is 31.9 Å². The lowest BCUT2D eigenvalue weighted by Gasteiger charge is -2.34. The Bertz CT molecular complexity index is 1840. The smallest absolute Gasteiger partial charge is 0.265 e. The number of ether oxygens (including phenoxy) is 3. The van der Waals surface area contributed by atoms with Crippen LogP contribution in [-0.4, -0.2) is 65.6 Å². The Kier molecular flexibility index (Phi) is 12.7. The molecule has 0 bridgehead atoms. The van der Waals surface area contributed by atoms with Gasteiger partial charge in [0.25, 0.3) is 10.0 Å². The lowest BCUT2D eigenvalue weighted by molar-refractivity contribution is -0.140. The molecule has 48 heavy (non-hydrogen) atoms. The predicted octanol–water partition coefficient (Wildman–Crippen LogP) is 6.10. The summed E-state index contributed by atoms with van der Waals surface area (Å²) in [6.45, 7) is 1.46. The number of nitrogens with zero attached hydrogens (tertiary/aromatic N) is 2. The molecule has 0 aliphatic carbocycles. The first-order valence-electron chi connectivity index (χ1n) is 15.0. The van der Waals surface area contributed by atoms with Crippen molar-refractivity contribution < 1.29 is 32.2 Å². The molecule has 1 N–H and O–H groups in total. The molecule has 0 heterocycles. The van der Waals surface area contributed by atoms with E-state index < -0.39 is 28.5 Å². The molecule has 0 radical (unpaired) electrons. The summed E-state index contributed by atoms with van der Waals surface area (Å²) in [6, 6.07) is 24.3. The largest absolute Gasteiger partial charge is 0.495 e. The first-order chi connectivity index (χ1) is 23.0. The molecule has 1 atom stereocenters. The number of nitrogens with one attached hydrogen (secondary N) is 1. The van der Waals surface area contributed by atoms with Crippen molar-refractivity contribution in [1.29, 1.82) is 0 Å². The Labute approximate surface area is 294 Å². The fourth-order valence-electron chi connectivity index (χ4n) is 5.15. The van der Waals surface area contributed by atoms with E-state index in [1.165, 1.54) is 56.6 Å². The highest BCUT2D eigenvalue weighted by atomic mass is 79.9. The lowest BCUT2D eigenvalue weighted by atomic mass is 10.0. The van der Waals surface area contributed by atoms with Gasteiger partial charge in [0.15, 0.2) is 11.5 Å². The minimum Gasteiger partial charge on any atom is -0.495 e. The normalized spacial score (nSPS) is 11.7. The van der Waals surface area contributed by atoms with Crippen LogP contribution in [0.1, 0.15) is 18.1 Å². The molecule has 254 valence electrons. The molecule has 4 aromatic rings. The molecular formula is C35H37BrClN3O7S. The Hall–Kier alpha value is -4.26. The van der Waals surface area contributed by atoms with Crippen molar-refractivity contribution in [2.75, 3.05) is 38.7 Å². The molecule has 2 amide bonds. The summed E-state index contributed by atoms with van der Waals surface area (Å²) in [4.78, 5) is 29.6. The van der Waals surface area contributed by atoms with Gasteiger partial charge in [0.1, 0.15) is 18.3 Å². The summed E-state index contributed by atoms with van der Waals surface area (Å²) in [5, 5.41) is 3.07. The van der Waals surface area contributed by atoms with Gasteiger partial charge in [-0.3, -0.25) is 13.9 Å². The second kappa shape index (κ2) is 16.7. The van der Waals surface area contributed by atoms with Crippen molar-refractivity contribution >= 4 is 55.1 Å².